The lowest BCUT2D eigenvalue weighted by atomic mass is 9.94. The topological polar surface area (TPSA) is 159 Å². The van der Waals surface area contributed by atoms with Crippen LogP contribution in [-0.2, 0) is 72.0 Å². The fraction of sp³-hybridized carbons (Fsp3) is 0.422. The van der Waals surface area contributed by atoms with Gasteiger partial charge in [0.05, 0.1) is 33.0 Å². The summed E-state index contributed by atoms with van der Waals surface area (Å²) in [7, 11) is 0. The fourth-order valence-electron chi connectivity index (χ4n) is 7.34. The highest BCUT2D eigenvalue weighted by molar-refractivity contribution is 6.67. The van der Waals surface area contributed by atoms with Gasteiger partial charge in [0.15, 0.2) is 25.0 Å². The molecule has 4 aromatic carbocycles. The number of halogens is 3. The molecule has 3 saturated heterocycles. The lowest BCUT2D eigenvalue weighted by Crippen LogP contribution is -2.69. The standard InChI is InChI=1S/C45H48Cl3NO13/c1-28(50)58-40-36(51)37-34(26-56-41(61-37)32-20-12-5-13-21-32)60-43(40)62-38-33(25-53-22-29-14-6-2-7-15-29)59-42(55-24-31-18-10-4-11-19-31)35(49-44(52)57-27-45(46,47)48)39(38)54-23-30-16-8-3-9-17-30/h2-21,33-43,51H,22-27H2,1H3,(H,49,52)/t33-,34-,35-,36+,37-,38-,39-,40+,41-,42-,43+/m1/s1. The third-order valence-electron chi connectivity index (χ3n) is 10.2. The van der Waals surface area contributed by atoms with Crippen LogP contribution < -0.4 is 5.32 Å². The average molecular weight is 917 g/mol. The molecule has 3 aliphatic rings. The van der Waals surface area contributed by atoms with Gasteiger partial charge < -0.3 is 57.8 Å². The van der Waals surface area contributed by atoms with Gasteiger partial charge in [0.2, 0.25) is 3.79 Å². The molecule has 11 atom stereocenters. The van der Waals surface area contributed by atoms with Gasteiger partial charge in [-0.25, -0.2) is 4.79 Å². The van der Waals surface area contributed by atoms with Gasteiger partial charge in [0.25, 0.3) is 0 Å². The van der Waals surface area contributed by atoms with Crippen LogP contribution in [0.5, 0.6) is 0 Å². The van der Waals surface area contributed by atoms with Gasteiger partial charge in [-0.3, -0.25) is 4.79 Å². The minimum absolute atomic E-state index is 0.00127. The molecule has 0 bridgehead atoms. The van der Waals surface area contributed by atoms with E-state index < -0.39 is 90.1 Å². The van der Waals surface area contributed by atoms with Crippen molar-refractivity contribution in [3.05, 3.63) is 144 Å². The van der Waals surface area contributed by atoms with Crippen molar-refractivity contribution in [2.75, 3.05) is 19.8 Å². The van der Waals surface area contributed by atoms with E-state index in [1.807, 2.05) is 121 Å². The smallest absolute Gasteiger partial charge is 0.407 e. The van der Waals surface area contributed by atoms with E-state index in [0.717, 1.165) is 22.3 Å². The minimum atomic E-state index is -1.91. The van der Waals surface area contributed by atoms with Gasteiger partial charge in [0, 0.05) is 12.5 Å². The highest BCUT2D eigenvalue weighted by Gasteiger charge is 2.56. The maximum absolute atomic E-state index is 13.5. The predicted octanol–water partition coefficient (Wildman–Crippen LogP) is 6.71. The first kappa shape index (κ1) is 46.1. The zero-order valence-corrected chi connectivity index (χ0v) is 35.9. The van der Waals surface area contributed by atoms with Gasteiger partial charge in [-0.05, 0) is 16.7 Å². The number of hydrogen-bond acceptors (Lipinski definition) is 13. The van der Waals surface area contributed by atoms with E-state index in [2.05, 4.69) is 5.32 Å². The molecule has 0 unspecified atom stereocenters. The summed E-state index contributed by atoms with van der Waals surface area (Å²) >= 11 is 17.8. The van der Waals surface area contributed by atoms with Crippen LogP contribution >= 0.6 is 34.8 Å². The van der Waals surface area contributed by atoms with Crippen molar-refractivity contribution in [2.24, 2.45) is 0 Å². The number of alkyl halides is 3. The third-order valence-corrected chi connectivity index (χ3v) is 10.5. The maximum atomic E-state index is 13.5. The number of fused-ring (bicyclic) bond motifs is 1. The number of hydrogen-bond donors (Lipinski definition) is 2. The number of aliphatic hydroxyl groups excluding tert-OH is 1. The van der Waals surface area contributed by atoms with Crippen molar-refractivity contribution < 1.29 is 62.1 Å². The quantitative estimate of drug-likeness (QED) is 0.0904. The van der Waals surface area contributed by atoms with E-state index in [0.29, 0.717) is 0 Å². The fourth-order valence-corrected chi connectivity index (χ4v) is 7.50. The minimum Gasteiger partial charge on any atom is -0.454 e. The van der Waals surface area contributed by atoms with Crippen LogP contribution in [0.25, 0.3) is 0 Å². The molecule has 0 aliphatic carbocycles. The molecular weight excluding hydrogens is 869 g/mol. The number of benzene rings is 4. The molecule has 4 aromatic rings. The normalized spacial score (nSPS) is 28.6. The van der Waals surface area contributed by atoms with Crippen molar-refractivity contribution >= 4 is 46.9 Å². The summed E-state index contributed by atoms with van der Waals surface area (Å²) < 4.78 is 60.8. The van der Waals surface area contributed by atoms with Crippen molar-refractivity contribution in [2.45, 2.75) is 98.2 Å². The second-order valence-corrected chi connectivity index (χ2v) is 17.4. The Hall–Kier alpha value is -3.87. The highest BCUT2D eigenvalue weighted by atomic mass is 35.6. The van der Waals surface area contributed by atoms with Crippen LogP contribution in [0.4, 0.5) is 4.79 Å². The van der Waals surface area contributed by atoms with Gasteiger partial charge in [-0.1, -0.05) is 156 Å². The van der Waals surface area contributed by atoms with Crippen molar-refractivity contribution in [3.8, 4) is 0 Å². The molecule has 7 rings (SSSR count). The summed E-state index contributed by atoms with van der Waals surface area (Å²) in [5.74, 6) is -0.707. The average Bonchev–Trinajstić information content (AvgIpc) is 3.27. The molecule has 0 spiro atoms. The number of alkyl carbamates (subject to hydrolysis) is 1. The van der Waals surface area contributed by atoms with E-state index in [1.165, 1.54) is 6.92 Å². The molecule has 3 heterocycles. The second-order valence-electron chi connectivity index (χ2n) is 14.8. The van der Waals surface area contributed by atoms with Crippen LogP contribution in [0, 0.1) is 0 Å². The Morgan fingerprint density at radius 3 is 1.90 bits per heavy atom. The molecule has 0 radical (unpaired) electrons. The first-order chi connectivity index (χ1) is 30.0. The van der Waals surface area contributed by atoms with Gasteiger partial charge in [0.1, 0.15) is 49.3 Å². The zero-order valence-electron chi connectivity index (χ0n) is 33.6. The number of nitrogens with one attached hydrogen (secondary N) is 1. The van der Waals surface area contributed by atoms with Crippen LogP contribution in [0.3, 0.4) is 0 Å². The van der Waals surface area contributed by atoms with Gasteiger partial charge >= 0.3 is 12.1 Å². The number of ether oxygens (including phenoxy) is 10. The maximum Gasteiger partial charge on any atom is 0.407 e. The summed E-state index contributed by atoms with van der Waals surface area (Å²) in [5, 5.41) is 14.7. The first-order valence-corrected chi connectivity index (χ1v) is 21.2. The summed E-state index contributed by atoms with van der Waals surface area (Å²) in [6, 6.07) is 36.3. The van der Waals surface area contributed by atoms with E-state index in [4.69, 9.17) is 82.2 Å². The molecule has 62 heavy (non-hydrogen) atoms. The Labute approximate surface area is 374 Å². The molecule has 332 valence electrons. The van der Waals surface area contributed by atoms with Gasteiger partial charge in [-0.15, -0.1) is 0 Å². The third kappa shape index (κ3) is 12.9. The summed E-state index contributed by atoms with van der Waals surface area (Å²) in [6.07, 6.45) is -12.4. The van der Waals surface area contributed by atoms with E-state index in [9.17, 15) is 14.7 Å². The monoisotopic (exact) mass is 915 g/mol. The van der Waals surface area contributed by atoms with E-state index in [-0.39, 0.29) is 33.0 Å². The Balaban J connectivity index is 1.23. The molecule has 0 saturated carbocycles. The molecule has 2 N–H and O–H groups in total. The Morgan fingerprint density at radius 2 is 1.31 bits per heavy atom. The summed E-state index contributed by atoms with van der Waals surface area (Å²) in [4.78, 5) is 26.2. The Morgan fingerprint density at radius 1 is 0.726 bits per heavy atom. The van der Waals surface area contributed by atoms with E-state index in [1.54, 1.807) is 0 Å². The van der Waals surface area contributed by atoms with Gasteiger partial charge in [-0.2, -0.15) is 0 Å². The number of amides is 1. The number of aliphatic hydroxyl groups is 1. The molecule has 14 nitrogen and oxygen atoms in total. The lowest BCUT2D eigenvalue weighted by Gasteiger charge is -2.50. The van der Waals surface area contributed by atoms with Crippen LogP contribution in [0.1, 0.15) is 35.5 Å². The lowest BCUT2D eigenvalue weighted by molar-refractivity contribution is -0.383. The molecule has 0 aromatic heterocycles. The van der Waals surface area contributed by atoms with Crippen molar-refractivity contribution in [1.82, 2.24) is 5.32 Å². The predicted molar refractivity (Wildman–Crippen MR) is 225 cm³/mol. The largest absolute Gasteiger partial charge is 0.454 e. The number of rotatable bonds is 16. The van der Waals surface area contributed by atoms with Crippen LogP contribution in [-0.4, -0.2) is 102 Å². The number of esters is 1. The second kappa shape index (κ2) is 22.2. The van der Waals surface area contributed by atoms with Crippen molar-refractivity contribution in [1.29, 1.82) is 0 Å². The molecular formula is C45H48Cl3NO13. The summed E-state index contributed by atoms with van der Waals surface area (Å²) in [5.41, 5.74) is 3.24. The Kier molecular flexibility index (Phi) is 16.5. The SMILES string of the molecule is CC(=O)O[C@@H]1[C@H](O[C@H]2[C@H](OCc3ccccc3)[C@@H](NC(=O)OCC(Cl)(Cl)Cl)[C@H](OCc3ccccc3)O[C@@H]2COCc2ccccc2)O[C@@H]2CO[C@@H](c3ccccc3)O[C@H]2[C@@H]1O. The van der Waals surface area contributed by atoms with Crippen molar-refractivity contribution in [3.63, 3.8) is 0 Å². The first-order valence-electron chi connectivity index (χ1n) is 20.1. The van der Waals surface area contributed by atoms with Crippen LogP contribution in [0.15, 0.2) is 121 Å². The Bertz CT molecular complexity index is 1980. The number of carbonyl (C=O) groups is 2. The molecule has 3 fully saturated rings. The number of carbonyl (C=O) groups excluding carboxylic acids is 2. The zero-order chi connectivity index (χ0) is 43.5. The molecule has 17 heteroatoms. The summed E-state index contributed by atoms with van der Waals surface area (Å²) in [6.45, 7) is 0.866. The van der Waals surface area contributed by atoms with Crippen LogP contribution in [0.2, 0.25) is 0 Å². The molecule has 3 aliphatic heterocycles. The molecule has 1 amide bonds. The van der Waals surface area contributed by atoms with E-state index >= 15 is 0 Å². The highest BCUT2D eigenvalue weighted by Crippen LogP contribution is 2.38.